The van der Waals surface area contributed by atoms with Gasteiger partial charge in [-0.15, -0.1) is 0 Å². The first-order chi connectivity index (χ1) is 11.1. The van der Waals surface area contributed by atoms with Crippen molar-refractivity contribution in [3.63, 3.8) is 0 Å². The summed E-state index contributed by atoms with van der Waals surface area (Å²) in [7, 11) is -0.741. The van der Waals surface area contributed by atoms with Crippen LogP contribution in [0.5, 0.6) is 0 Å². The SMILES string of the molecule is CC(C)c1nc(N(C)C)nc(-c2ccc(F)cc2)c1CP(=O)(O)O. The highest BCUT2D eigenvalue weighted by molar-refractivity contribution is 7.50. The van der Waals surface area contributed by atoms with Crippen LogP contribution in [0, 0.1) is 5.82 Å². The van der Waals surface area contributed by atoms with Crippen LogP contribution < -0.4 is 4.90 Å². The van der Waals surface area contributed by atoms with Crippen molar-refractivity contribution in [3.8, 4) is 11.3 Å². The number of hydrogen-bond acceptors (Lipinski definition) is 4. The normalized spacial score (nSPS) is 11.8. The molecule has 0 radical (unpaired) electrons. The van der Waals surface area contributed by atoms with E-state index in [0.717, 1.165) is 0 Å². The molecular formula is C16H21FN3O3P. The fraction of sp³-hybridized carbons (Fsp3) is 0.375. The molecule has 0 saturated heterocycles. The van der Waals surface area contributed by atoms with Crippen LogP contribution in [-0.4, -0.2) is 33.9 Å². The van der Waals surface area contributed by atoms with E-state index in [9.17, 15) is 18.7 Å². The Balaban J connectivity index is 2.76. The van der Waals surface area contributed by atoms with Crippen LogP contribution in [0.3, 0.4) is 0 Å². The Bertz CT molecular complexity index is 773. The molecule has 0 saturated carbocycles. The van der Waals surface area contributed by atoms with Gasteiger partial charge in [-0.25, -0.2) is 14.4 Å². The van der Waals surface area contributed by atoms with E-state index >= 15 is 0 Å². The van der Waals surface area contributed by atoms with Crippen LogP contribution in [-0.2, 0) is 10.7 Å². The van der Waals surface area contributed by atoms with E-state index in [4.69, 9.17) is 0 Å². The van der Waals surface area contributed by atoms with Crippen LogP contribution in [0.4, 0.5) is 10.3 Å². The second-order valence-corrected chi connectivity index (χ2v) is 7.76. The van der Waals surface area contributed by atoms with Gasteiger partial charge in [0.05, 0.1) is 17.5 Å². The van der Waals surface area contributed by atoms with Gasteiger partial charge in [-0.05, 0) is 30.2 Å². The summed E-state index contributed by atoms with van der Waals surface area (Å²) >= 11 is 0. The van der Waals surface area contributed by atoms with Crippen molar-refractivity contribution in [1.29, 1.82) is 0 Å². The lowest BCUT2D eigenvalue weighted by atomic mass is 9.99. The van der Waals surface area contributed by atoms with Crippen LogP contribution in [0.2, 0.25) is 0 Å². The van der Waals surface area contributed by atoms with Crippen molar-refractivity contribution in [2.75, 3.05) is 19.0 Å². The minimum atomic E-state index is -4.32. The highest BCUT2D eigenvalue weighted by Crippen LogP contribution is 2.43. The van der Waals surface area contributed by atoms with Gasteiger partial charge in [-0.3, -0.25) is 4.57 Å². The van der Waals surface area contributed by atoms with E-state index in [1.54, 1.807) is 31.1 Å². The van der Waals surface area contributed by atoms with Gasteiger partial charge in [-0.2, -0.15) is 0 Å². The molecule has 2 rings (SSSR count). The lowest BCUT2D eigenvalue weighted by Crippen LogP contribution is -2.16. The molecule has 0 fully saturated rings. The van der Waals surface area contributed by atoms with E-state index < -0.39 is 13.8 Å². The number of anilines is 1. The Labute approximate surface area is 140 Å². The van der Waals surface area contributed by atoms with Gasteiger partial charge in [-0.1, -0.05) is 13.8 Å². The Kier molecular flexibility index (Phi) is 5.38. The van der Waals surface area contributed by atoms with E-state index in [2.05, 4.69) is 9.97 Å². The summed E-state index contributed by atoms with van der Waals surface area (Å²) in [4.78, 5) is 29.5. The van der Waals surface area contributed by atoms with Crippen molar-refractivity contribution < 1.29 is 18.7 Å². The second kappa shape index (κ2) is 6.97. The maximum Gasteiger partial charge on any atom is 0.330 e. The van der Waals surface area contributed by atoms with Gasteiger partial charge in [0, 0.05) is 25.2 Å². The molecule has 24 heavy (non-hydrogen) atoms. The summed E-state index contributed by atoms with van der Waals surface area (Å²) in [6.45, 7) is 3.80. The molecule has 0 unspecified atom stereocenters. The van der Waals surface area contributed by atoms with Crippen molar-refractivity contribution in [3.05, 3.63) is 41.3 Å². The maximum absolute atomic E-state index is 13.2. The standard InChI is InChI=1S/C16H21FN3O3P/c1-10(2)14-13(9-24(21,22)23)15(19-16(18-14)20(3)4)11-5-7-12(17)8-6-11/h5-8,10H,9H2,1-4H3,(H2,21,22,23). The largest absolute Gasteiger partial charge is 0.347 e. The van der Waals surface area contributed by atoms with E-state index in [1.165, 1.54) is 12.1 Å². The van der Waals surface area contributed by atoms with Crippen LogP contribution in [0.1, 0.15) is 31.0 Å². The Morgan fingerprint density at radius 2 is 1.75 bits per heavy atom. The van der Waals surface area contributed by atoms with Gasteiger partial charge < -0.3 is 14.7 Å². The lowest BCUT2D eigenvalue weighted by molar-refractivity contribution is 0.371. The van der Waals surface area contributed by atoms with Crippen molar-refractivity contribution in [1.82, 2.24) is 9.97 Å². The smallest absolute Gasteiger partial charge is 0.330 e. The third kappa shape index (κ3) is 4.38. The van der Waals surface area contributed by atoms with E-state index in [0.29, 0.717) is 28.5 Å². The molecule has 8 heteroatoms. The number of aromatic nitrogens is 2. The zero-order valence-corrected chi connectivity index (χ0v) is 15.0. The number of rotatable bonds is 5. The Morgan fingerprint density at radius 1 is 1.17 bits per heavy atom. The molecule has 0 atom stereocenters. The molecule has 0 amide bonds. The van der Waals surface area contributed by atoms with E-state index in [1.807, 2.05) is 13.8 Å². The van der Waals surface area contributed by atoms with Crippen LogP contribution in [0.15, 0.2) is 24.3 Å². The summed E-state index contributed by atoms with van der Waals surface area (Å²) in [5, 5.41) is 0. The molecule has 0 aliphatic heterocycles. The number of nitrogens with zero attached hydrogens (tertiary/aromatic N) is 3. The molecule has 1 heterocycles. The fourth-order valence-corrected chi connectivity index (χ4v) is 3.10. The maximum atomic E-state index is 13.2. The van der Waals surface area contributed by atoms with Gasteiger partial charge in [0.1, 0.15) is 5.82 Å². The van der Waals surface area contributed by atoms with Crippen molar-refractivity contribution >= 4 is 13.5 Å². The van der Waals surface area contributed by atoms with Gasteiger partial charge in [0.2, 0.25) is 5.95 Å². The number of hydrogen-bond donors (Lipinski definition) is 2. The van der Waals surface area contributed by atoms with Crippen LogP contribution >= 0.6 is 7.60 Å². The van der Waals surface area contributed by atoms with Gasteiger partial charge >= 0.3 is 7.60 Å². The van der Waals surface area contributed by atoms with E-state index in [-0.39, 0.29) is 11.7 Å². The van der Waals surface area contributed by atoms with Gasteiger partial charge in [0.15, 0.2) is 0 Å². The molecule has 0 bridgehead atoms. The first kappa shape index (κ1) is 18.5. The first-order valence-electron chi connectivity index (χ1n) is 7.47. The molecular weight excluding hydrogens is 332 g/mol. The Hall–Kier alpha value is -1.82. The molecule has 2 N–H and O–H groups in total. The highest BCUT2D eigenvalue weighted by Gasteiger charge is 2.25. The number of benzene rings is 1. The molecule has 1 aromatic carbocycles. The zero-order chi connectivity index (χ0) is 18.1. The summed E-state index contributed by atoms with van der Waals surface area (Å²) < 4.78 is 24.8. The molecule has 2 aromatic rings. The first-order valence-corrected chi connectivity index (χ1v) is 9.27. The minimum Gasteiger partial charge on any atom is -0.347 e. The zero-order valence-electron chi connectivity index (χ0n) is 14.1. The molecule has 6 nitrogen and oxygen atoms in total. The van der Waals surface area contributed by atoms with Crippen LogP contribution in [0.25, 0.3) is 11.3 Å². The summed E-state index contributed by atoms with van der Waals surface area (Å²) in [6, 6.07) is 5.68. The summed E-state index contributed by atoms with van der Waals surface area (Å²) in [6.07, 6.45) is -0.457. The topological polar surface area (TPSA) is 86.6 Å². The second-order valence-electron chi connectivity index (χ2n) is 6.11. The number of halogens is 1. The quantitative estimate of drug-likeness (QED) is 0.803. The summed E-state index contributed by atoms with van der Waals surface area (Å²) in [5.74, 6) is 0.00111. The molecule has 0 aliphatic rings. The predicted molar refractivity (Wildman–Crippen MR) is 91.6 cm³/mol. The molecule has 1 aromatic heterocycles. The highest BCUT2D eigenvalue weighted by atomic mass is 31.2. The third-order valence-corrected chi connectivity index (χ3v) is 4.18. The fourth-order valence-electron chi connectivity index (χ4n) is 2.37. The monoisotopic (exact) mass is 353 g/mol. The van der Waals surface area contributed by atoms with Crippen molar-refractivity contribution in [2.24, 2.45) is 0 Å². The predicted octanol–water partition coefficient (Wildman–Crippen LogP) is 3.15. The Morgan fingerprint density at radius 3 is 2.21 bits per heavy atom. The van der Waals surface area contributed by atoms with Crippen molar-refractivity contribution in [2.45, 2.75) is 25.9 Å². The molecule has 0 aliphatic carbocycles. The third-order valence-electron chi connectivity index (χ3n) is 3.46. The minimum absolute atomic E-state index is 0.0487. The average Bonchev–Trinajstić information content (AvgIpc) is 2.46. The van der Waals surface area contributed by atoms with Gasteiger partial charge in [0.25, 0.3) is 0 Å². The lowest BCUT2D eigenvalue weighted by Gasteiger charge is -2.20. The molecule has 130 valence electrons. The summed E-state index contributed by atoms with van der Waals surface area (Å²) in [5.41, 5.74) is 1.99. The average molecular weight is 353 g/mol. The molecule has 0 spiro atoms.